The van der Waals surface area contributed by atoms with Gasteiger partial charge in [-0.25, -0.2) is 4.79 Å². The van der Waals surface area contributed by atoms with Crippen LogP contribution in [0.25, 0.3) is 21.5 Å². The Morgan fingerprint density at radius 2 is 1.54 bits per heavy atom. The number of rotatable bonds is 3. The van der Waals surface area contributed by atoms with Gasteiger partial charge in [0, 0.05) is 21.8 Å². The lowest BCUT2D eigenvalue weighted by Crippen LogP contribution is -1.97. The molecular formula is C21H15N3O4. The number of phenols is 2. The van der Waals surface area contributed by atoms with Crippen molar-refractivity contribution < 1.29 is 20.1 Å². The SMILES string of the molecule is Nc1cccc2c(N=Nc3c(O)c(C(=O)O)cc4ccccc34)c(O)ccc12. The highest BCUT2D eigenvalue weighted by atomic mass is 16.4. The number of fused-ring (bicyclic) bond motifs is 2. The highest BCUT2D eigenvalue weighted by molar-refractivity contribution is 6.05. The quantitative estimate of drug-likeness (QED) is 0.293. The van der Waals surface area contributed by atoms with Gasteiger partial charge in [-0.1, -0.05) is 36.4 Å². The Labute approximate surface area is 159 Å². The van der Waals surface area contributed by atoms with Crippen LogP contribution in [0.5, 0.6) is 11.5 Å². The fraction of sp³-hybridized carbons (Fsp3) is 0. The Hall–Kier alpha value is -4.13. The molecule has 138 valence electrons. The zero-order valence-corrected chi connectivity index (χ0v) is 14.5. The number of phenolic OH excluding ortho intramolecular Hbond substituents is 1. The number of hydrogen-bond donors (Lipinski definition) is 4. The number of anilines is 1. The third-order valence-electron chi connectivity index (χ3n) is 4.52. The van der Waals surface area contributed by atoms with Gasteiger partial charge < -0.3 is 21.1 Å². The van der Waals surface area contributed by atoms with Crippen molar-refractivity contribution in [1.29, 1.82) is 0 Å². The summed E-state index contributed by atoms with van der Waals surface area (Å²) < 4.78 is 0. The molecule has 5 N–H and O–H groups in total. The first kappa shape index (κ1) is 17.3. The van der Waals surface area contributed by atoms with Crippen molar-refractivity contribution in [3.8, 4) is 11.5 Å². The van der Waals surface area contributed by atoms with Crippen molar-refractivity contribution in [1.82, 2.24) is 0 Å². The van der Waals surface area contributed by atoms with Gasteiger partial charge in [0.2, 0.25) is 0 Å². The topological polar surface area (TPSA) is 128 Å². The molecule has 0 unspecified atom stereocenters. The van der Waals surface area contributed by atoms with Crippen LogP contribution in [0.3, 0.4) is 0 Å². The molecule has 0 radical (unpaired) electrons. The predicted octanol–water partition coefficient (Wildman–Crippen LogP) is 5.10. The minimum absolute atomic E-state index is 0.0100. The second kappa shape index (κ2) is 6.55. The Morgan fingerprint density at radius 1 is 0.821 bits per heavy atom. The average molecular weight is 373 g/mol. The highest BCUT2D eigenvalue weighted by Crippen LogP contribution is 2.42. The van der Waals surface area contributed by atoms with Crippen LogP contribution in [-0.2, 0) is 0 Å². The van der Waals surface area contributed by atoms with E-state index in [0.29, 0.717) is 27.2 Å². The van der Waals surface area contributed by atoms with E-state index in [9.17, 15) is 20.1 Å². The summed E-state index contributed by atoms with van der Waals surface area (Å²) in [5.41, 5.74) is 6.40. The van der Waals surface area contributed by atoms with Crippen molar-refractivity contribution in [2.75, 3.05) is 5.73 Å². The molecule has 0 saturated heterocycles. The summed E-state index contributed by atoms with van der Waals surface area (Å²) in [6, 6.07) is 16.6. The van der Waals surface area contributed by atoms with E-state index in [0.717, 1.165) is 0 Å². The number of aromatic carboxylic acids is 1. The molecule has 0 heterocycles. The number of azo groups is 1. The third-order valence-corrected chi connectivity index (χ3v) is 4.52. The van der Waals surface area contributed by atoms with Crippen LogP contribution >= 0.6 is 0 Å². The van der Waals surface area contributed by atoms with Gasteiger partial charge in [0.15, 0.2) is 5.75 Å². The molecule has 28 heavy (non-hydrogen) atoms. The van der Waals surface area contributed by atoms with E-state index in [1.165, 1.54) is 12.1 Å². The zero-order chi connectivity index (χ0) is 19.8. The largest absolute Gasteiger partial charge is 0.506 e. The van der Waals surface area contributed by atoms with Crippen LogP contribution in [0.1, 0.15) is 10.4 Å². The average Bonchev–Trinajstić information content (AvgIpc) is 2.68. The molecule has 4 aromatic carbocycles. The molecule has 0 amide bonds. The molecule has 0 saturated carbocycles. The van der Waals surface area contributed by atoms with Crippen molar-refractivity contribution in [3.05, 3.63) is 66.2 Å². The molecule has 4 rings (SSSR count). The molecule has 0 aromatic heterocycles. The third kappa shape index (κ3) is 2.75. The summed E-state index contributed by atoms with van der Waals surface area (Å²) >= 11 is 0. The van der Waals surface area contributed by atoms with E-state index in [4.69, 9.17) is 5.73 Å². The van der Waals surface area contributed by atoms with Gasteiger partial charge >= 0.3 is 5.97 Å². The van der Waals surface area contributed by atoms with E-state index in [1.807, 2.05) is 0 Å². The molecule has 7 nitrogen and oxygen atoms in total. The minimum Gasteiger partial charge on any atom is -0.506 e. The summed E-state index contributed by atoms with van der Waals surface area (Å²) in [5, 5.41) is 40.7. The fourth-order valence-corrected chi connectivity index (χ4v) is 3.14. The van der Waals surface area contributed by atoms with Gasteiger partial charge in [-0.2, -0.15) is 0 Å². The maximum Gasteiger partial charge on any atom is 0.339 e. The summed E-state index contributed by atoms with van der Waals surface area (Å²) in [7, 11) is 0. The number of carboxylic acid groups (broad SMARTS) is 1. The number of aromatic hydroxyl groups is 2. The van der Waals surface area contributed by atoms with Gasteiger partial charge in [0.1, 0.15) is 22.7 Å². The van der Waals surface area contributed by atoms with Crippen molar-refractivity contribution in [2.45, 2.75) is 0 Å². The summed E-state index contributed by atoms with van der Waals surface area (Å²) in [6.07, 6.45) is 0. The molecule has 0 atom stereocenters. The summed E-state index contributed by atoms with van der Waals surface area (Å²) in [6.45, 7) is 0. The van der Waals surface area contributed by atoms with Crippen LogP contribution < -0.4 is 5.73 Å². The first-order chi connectivity index (χ1) is 13.5. The monoisotopic (exact) mass is 373 g/mol. The minimum atomic E-state index is -1.28. The van der Waals surface area contributed by atoms with Crippen LogP contribution in [0.4, 0.5) is 17.1 Å². The van der Waals surface area contributed by atoms with E-state index in [1.54, 1.807) is 48.5 Å². The van der Waals surface area contributed by atoms with E-state index < -0.39 is 11.7 Å². The van der Waals surface area contributed by atoms with Gasteiger partial charge in [0.25, 0.3) is 0 Å². The number of nitrogens with zero attached hydrogens (tertiary/aromatic N) is 2. The van der Waals surface area contributed by atoms with Gasteiger partial charge in [-0.05, 0) is 29.7 Å². The molecule has 0 spiro atoms. The first-order valence-electron chi connectivity index (χ1n) is 8.37. The number of nitrogen functional groups attached to an aromatic ring is 1. The molecule has 0 bridgehead atoms. The molecule has 7 heteroatoms. The van der Waals surface area contributed by atoms with Crippen LogP contribution in [0.2, 0.25) is 0 Å². The Bertz CT molecular complexity index is 1280. The van der Waals surface area contributed by atoms with E-state index >= 15 is 0 Å². The first-order valence-corrected chi connectivity index (χ1v) is 8.37. The van der Waals surface area contributed by atoms with Gasteiger partial charge in [0.05, 0.1) is 0 Å². The second-order valence-electron chi connectivity index (χ2n) is 6.22. The van der Waals surface area contributed by atoms with Crippen LogP contribution in [-0.4, -0.2) is 21.3 Å². The molecule has 0 aliphatic carbocycles. The lowest BCUT2D eigenvalue weighted by Gasteiger charge is -2.09. The standard InChI is InChI=1S/C21H15N3O4/c22-16-7-3-6-14-13(16)8-9-17(25)18(14)23-24-19-12-5-2-1-4-11(12)10-15(20(19)26)21(27)28/h1-10,25-26H,22H2,(H,27,28). The fourth-order valence-electron chi connectivity index (χ4n) is 3.14. The lowest BCUT2D eigenvalue weighted by molar-refractivity contribution is 0.0694. The van der Waals surface area contributed by atoms with Gasteiger partial charge in [-0.15, -0.1) is 10.2 Å². The predicted molar refractivity (Wildman–Crippen MR) is 107 cm³/mol. The summed E-state index contributed by atoms with van der Waals surface area (Å²) in [5.74, 6) is -1.88. The van der Waals surface area contributed by atoms with Crippen molar-refractivity contribution >= 4 is 44.6 Å². The Kier molecular flexibility index (Phi) is 4.04. The number of hydrogen-bond acceptors (Lipinski definition) is 6. The zero-order valence-electron chi connectivity index (χ0n) is 14.5. The second-order valence-corrected chi connectivity index (χ2v) is 6.22. The van der Waals surface area contributed by atoms with E-state index in [2.05, 4.69) is 10.2 Å². The Balaban J connectivity index is 1.97. The number of nitrogens with two attached hydrogens (primary N) is 1. The molecule has 0 fully saturated rings. The number of carboxylic acids is 1. The van der Waals surface area contributed by atoms with Crippen LogP contribution in [0, 0.1) is 0 Å². The molecule has 0 aliphatic rings. The maximum atomic E-state index is 11.5. The molecular weight excluding hydrogens is 358 g/mol. The maximum absolute atomic E-state index is 11.5. The van der Waals surface area contributed by atoms with Crippen LogP contribution in [0.15, 0.2) is 70.9 Å². The van der Waals surface area contributed by atoms with Crippen molar-refractivity contribution in [3.63, 3.8) is 0 Å². The normalized spacial score (nSPS) is 11.4. The lowest BCUT2D eigenvalue weighted by atomic mass is 10.0. The highest BCUT2D eigenvalue weighted by Gasteiger charge is 2.18. The number of carbonyl (C=O) groups is 1. The van der Waals surface area contributed by atoms with E-state index in [-0.39, 0.29) is 22.7 Å². The molecule has 0 aliphatic heterocycles. The Morgan fingerprint density at radius 3 is 2.32 bits per heavy atom. The smallest absolute Gasteiger partial charge is 0.339 e. The summed E-state index contributed by atoms with van der Waals surface area (Å²) in [4.78, 5) is 11.5. The number of benzene rings is 4. The van der Waals surface area contributed by atoms with Crippen molar-refractivity contribution in [2.24, 2.45) is 10.2 Å². The van der Waals surface area contributed by atoms with Gasteiger partial charge in [-0.3, -0.25) is 0 Å². The molecule has 4 aromatic rings.